The molecule has 0 saturated carbocycles. The van der Waals surface area contributed by atoms with Crippen LogP contribution in [0.25, 0.3) is 11.3 Å². The van der Waals surface area contributed by atoms with Crippen molar-refractivity contribution in [1.29, 1.82) is 0 Å². The molecule has 0 radical (unpaired) electrons. The van der Waals surface area contributed by atoms with Gasteiger partial charge >= 0.3 is 5.97 Å². The highest BCUT2D eigenvalue weighted by Crippen LogP contribution is 2.31. The van der Waals surface area contributed by atoms with Crippen molar-refractivity contribution in [2.24, 2.45) is 0 Å². The van der Waals surface area contributed by atoms with Crippen LogP contribution in [0, 0.1) is 0 Å². The van der Waals surface area contributed by atoms with E-state index in [9.17, 15) is 4.79 Å². The van der Waals surface area contributed by atoms with Crippen LogP contribution in [0.4, 0.5) is 0 Å². The van der Waals surface area contributed by atoms with Crippen LogP contribution in [0.1, 0.15) is 5.69 Å². The Labute approximate surface area is 114 Å². The van der Waals surface area contributed by atoms with Crippen LogP contribution < -0.4 is 4.74 Å². The van der Waals surface area contributed by atoms with Gasteiger partial charge in [-0.2, -0.15) is 0 Å². The van der Waals surface area contributed by atoms with E-state index < -0.39 is 5.97 Å². The first kappa shape index (κ1) is 13.3. The Morgan fingerprint density at radius 3 is 2.74 bits per heavy atom. The van der Waals surface area contributed by atoms with Gasteiger partial charge in [0.05, 0.1) is 29.9 Å². The average Bonchev–Trinajstić information content (AvgIpc) is 2.39. The van der Waals surface area contributed by atoms with Crippen molar-refractivity contribution in [3.63, 3.8) is 0 Å². The molecule has 19 heavy (non-hydrogen) atoms. The van der Waals surface area contributed by atoms with E-state index in [-0.39, 0.29) is 6.42 Å². The van der Waals surface area contributed by atoms with Crippen LogP contribution in [-0.4, -0.2) is 28.2 Å². The number of nitrogens with zero attached hydrogens (tertiary/aromatic N) is 2. The molecule has 5 nitrogen and oxygen atoms in total. The summed E-state index contributed by atoms with van der Waals surface area (Å²) in [5, 5.41) is 9.31. The van der Waals surface area contributed by atoms with E-state index >= 15 is 0 Å². The molecule has 2 aromatic rings. The monoisotopic (exact) mass is 278 g/mol. The first-order chi connectivity index (χ1) is 9.11. The standard InChI is InChI=1S/C13H11ClN2O3/c1-19-8-2-3-9(10(14)6-8)13-11(7-12(17)18)15-4-5-16-13/h2-6H,7H2,1H3,(H,17,18). The molecule has 98 valence electrons. The minimum atomic E-state index is -0.966. The van der Waals surface area contributed by atoms with Gasteiger partial charge in [-0.25, -0.2) is 0 Å². The highest BCUT2D eigenvalue weighted by atomic mass is 35.5. The molecule has 0 amide bonds. The van der Waals surface area contributed by atoms with Crippen LogP contribution in [0.3, 0.4) is 0 Å². The zero-order chi connectivity index (χ0) is 13.8. The average molecular weight is 279 g/mol. The first-order valence-corrected chi connectivity index (χ1v) is 5.85. The van der Waals surface area contributed by atoms with Gasteiger partial charge in [0.1, 0.15) is 5.75 Å². The maximum Gasteiger partial charge on any atom is 0.309 e. The third-order valence-corrected chi connectivity index (χ3v) is 2.84. The van der Waals surface area contributed by atoms with Crippen molar-refractivity contribution in [3.8, 4) is 17.0 Å². The van der Waals surface area contributed by atoms with Crippen molar-refractivity contribution in [3.05, 3.63) is 41.3 Å². The summed E-state index contributed by atoms with van der Waals surface area (Å²) in [6.07, 6.45) is 2.76. The van der Waals surface area contributed by atoms with Crippen LogP contribution in [0.2, 0.25) is 5.02 Å². The molecule has 1 heterocycles. The topological polar surface area (TPSA) is 72.3 Å². The van der Waals surface area contributed by atoms with Crippen molar-refractivity contribution in [2.45, 2.75) is 6.42 Å². The second-order valence-electron chi connectivity index (χ2n) is 3.77. The summed E-state index contributed by atoms with van der Waals surface area (Å²) < 4.78 is 5.07. The highest BCUT2D eigenvalue weighted by molar-refractivity contribution is 6.33. The van der Waals surface area contributed by atoms with E-state index in [1.165, 1.54) is 12.4 Å². The lowest BCUT2D eigenvalue weighted by Gasteiger charge is -2.09. The Bertz CT molecular complexity index is 617. The predicted molar refractivity (Wildman–Crippen MR) is 70.4 cm³/mol. The molecule has 1 N–H and O–H groups in total. The highest BCUT2D eigenvalue weighted by Gasteiger charge is 2.14. The largest absolute Gasteiger partial charge is 0.497 e. The minimum absolute atomic E-state index is 0.203. The summed E-state index contributed by atoms with van der Waals surface area (Å²) in [5.41, 5.74) is 1.48. The van der Waals surface area contributed by atoms with Gasteiger partial charge < -0.3 is 9.84 Å². The molecule has 1 aromatic carbocycles. The molecule has 6 heteroatoms. The second-order valence-corrected chi connectivity index (χ2v) is 4.18. The minimum Gasteiger partial charge on any atom is -0.497 e. The second kappa shape index (κ2) is 5.67. The number of carboxylic acid groups (broad SMARTS) is 1. The molecule has 2 rings (SSSR count). The maximum absolute atomic E-state index is 10.8. The van der Waals surface area contributed by atoms with E-state index in [0.29, 0.717) is 27.7 Å². The van der Waals surface area contributed by atoms with Gasteiger partial charge in [0.15, 0.2) is 0 Å². The maximum atomic E-state index is 10.8. The summed E-state index contributed by atoms with van der Waals surface area (Å²) >= 11 is 6.16. The van der Waals surface area contributed by atoms with Gasteiger partial charge in [0, 0.05) is 18.0 Å². The van der Waals surface area contributed by atoms with E-state index in [4.69, 9.17) is 21.4 Å². The molecule has 0 aliphatic heterocycles. The molecule has 0 atom stereocenters. The van der Waals surface area contributed by atoms with E-state index in [1.54, 1.807) is 25.3 Å². The lowest BCUT2D eigenvalue weighted by Crippen LogP contribution is -2.05. The zero-order valence-corrected chi connectivity index (χ0v) is 10.9. The molecule has 0 fully saturated rings. The van der Waals surface area contributed by atoms with E-state index in [1.807, 2.05) is 0 Å². The van der Waals surface area contributed by atoms with Gasteiger partial charge in [-0.1, -0.05) is 11.6 Å². The third kappa shape index (κ3) is 3.00. The molecular weight excluding hydrogens is 268 g/mol. The summed E-state index contributed by atoms with van der Waals surface area (Å²) in [7, 11) is 1.55. The fraction of sp³-hybridized carbons (Fsp3) is 0.154. The molecular formula is C13H11ClN2O3. The summed E-state index contributed by atoms with van der Waals surface area (Å²) in [6, 6.07) is 5.12. The molecule has 0 aliphatic carbocycles. The van der Waals surface area contributed by atoms with Crippen molar-refractivity contribution in [2.75, 3.05) is 7.11 Å². The Morgan fingerprint density at radius 1 is 1.37 bits per heavy atom. The number of halogens is 1. The number of aliphatic carboxylic acids is 1. The zero-order valence-electron chi connectivity index (χ0n) is 10.1. The SMILES string of the molecule is COc1ccc(-c2nccnc2CC(=O)O)c(Cl)c1. The molecule has 1 aromatic heterocycles. The van der Waals surface area contributed by atoms with Gasteiger partial charge in [-0.3, -0.25) is 14.8 Å². The number of ether oxygens (including phenoxy) is 1. The smallest absolute Gasteiger partial charge is 0.309 e. The summed E-state index contributed by atoms with van der Waals surface area (Å²) in [4.78, 5) is 19.0. The number of methoxy groups -OCH3 is 1. The normalized spacial score (nSPS) is 10.2. The number of carbonyl (C=O) groups is 1. The Hall–Kier alpha value is -2.14. The van der Waals surface area contributed by atoms with Gasteiger partial charge in [0.25, 0.3) is 0 Å². The first-order valence-electron chi connectivity index (χ1n) is 5.47. The van der Waals surface area contributed by atoms with Gasteiger partial charge in [0.2, 0.25) is 0 Å². The molecule has 0 bridgehead atoms. The quantitative estimate of drug-likeness (QED) is 0.930. The number of benzene rings is 1. The van der Waals surface area contributed by atoms with E-state index in [0.717, 1.165) is 0 Å². The lowest BCUT2D eigenvalue weighted by molar-refractivity contribution is -0.136. The van der Waals surface area contributed by atoms with Crippen LogP contribution in [0.5, 0.6) is 5.75 Å². The van der Waals surface area contributed by atoms with Crippen molar-refractivity contribution >= 4 is 17.6 Å². The number of rotatable bonds is 4. The van der Waals surface area contributed by atoms with Crippen molar-refractivity contribution < 1.29 is 14.6 Å². The van der Waals surface area contributed by atoms with Gasteiger partial charge in [-0.05, 0) is 18.2 Å². The van der Waals surface area contributed by atoms with Gasteiger partial charge in [-0.15, -0.1) is 0 Å². The third-order valence-electron chi connectivity index (χ3n) is 2.52. The number of aromatic nitrogens is 2. The molecule has 0 saturated heterocycles. The van der Waals surface area contributed by atoms with Crippen LogP contribution in [0.15, 0.2) is 30.6 Å². The Balaban J connectivity index is 2.49. The number of carboxylic acids is 1. The Kier molecular flexibility index (Phi) is 3.97. The van der Waals surface area contributed by atoms with E-state index in [2.05, 4.69) is 9.97 Å². The number of hydrogen-bond acceptors (Lipinski definition) is 4. The Morgan fingerprint density at radius 2 is 2.11 bits per heavy atom. The lowest BCUT2D eigenvalue weighted by atomic mass is 10.1. The van der Waals surface area contributed by atoms with Crippen LogP contribution >= 0.6 is 11.6 Å². The predicted octanol–water partition coefficient (Wildman–Crippen LogP) is 2.43. The summed E-state index contributed by atoms with van der Waals surface area (Å²) in [6.45, 7) is 0. The van der Waals surface area contributed by atoms with Crippen molar-refractivity contribution in [1.82, 2.24) is 9.97 Å². The molecule has 0 unspecified atom stereocenters. The summed E-state index contributed by atoms with van der Waals surface area (Å²) in [5.74, 6) is -0.344. The fourth-order valence-electron chi connectivity index (χ4n) is 1.68. The molecule has 0 aliphatic rings. The fourth-order valence-corrected chi connectivity index (χ4v) is 1.94. The number of hydrogen-bond donors (Lipinski definition) is 1. The van der Waals surface area contributed by atoms with Crippen LogP contribution in [-0.2, 0) is 11.2 Å². The molecule has 0 spiro atoms.